The van der Waals surface area contributed by atoms with Crippen LogP contribution < -0.4 is 10.1 Å². The van der Waals surface area contributed by atoms with Crippen molar-refractivity contribution < 1.29 is 9.53 Å². The monoisotopic (exact) mass is 419 g/mol. The topological polar surface area (TPSA) is 56.2 Å². The summed E-state index contributed by atoms with van der Waals surface area (Å²) in [6, 6.07) is 18.2. The third-order valence-corrected chi connectivity index (χ3v) is 6.12. The van der Waals surface area contributed by atoms with E-state index in [0.29, 0.717) is 6.61 Å². The van der Waals surface area contributed by atoms with Crippen molar-refractivity contribution in [1.82, 2.24) is 14.9 Å². The number of nitrogens with zero attached hydrogens (tertiary/aromatic N) is 2. The Balaban J connectivity index is 1.30. The van der Waals surface area contributed by atoms with Crippen LogP contribution in [-0.2, 0) is 17.8 Å². The number of aryl methyl sites for hydroxylation is 2. The number of aromatic nitrogens is 2. The average molecular weight is 420 g/mol. The molecule has 0 unspecified atom stereocenters. The molecule has 3 aromatic rings. The predicted molar refractivity (Wildman–Crippen MR) is 124 cm³/mol. The van der Waals surface area contributed by atoms with Crippen LogP contribution in [0.25, 0.3) is 11.0 Å². The minimum absolute atomic E-state index is 0.225. The molecule has 0 atom stereocenters. The van der Waals surface area contributed by atoms with Crippen molar-refractivity contribution in [3.63, 3.8) is 0 Å². The molecular weight excluding hydrogens is 386 g/mol. The lowest BCUT2D eigenvalue weighted by atomic mass is 9.89. The normalized spacial score (nSPS) is 14.6. The molecular formula is C26H33N3O2. The van der Waals surface area contributed by atoms with Gasteiger partial charge >= 0.3 is 0 Å². The molecule has 1 fully saturated rings. The molecule has 5 nitrogen and oxygen atoms in total. The van der Waals surface area contributed by atoms with Gasteiger partial charge < -0.3 is 14.6 Å². The fourth-order valence-corrected chi connectivity index (χ4v) is 4.46. The molecule has 0 spiro atoms. The van der Waals surface area contributed by atoms with Crippen LogP contribution in [0.5, 0.6) is 5.75 Å². The number of fused-ring (bicyclic) bond motifs is 1. The second-order valence-corrected chi connectivity index (χ2v) is 8.41. The molecule has 5 heteroatoms. The lowest BCUT2D eigenvalue weighted by Crippen LogP contribution is -2.32. The van der Waals surface area contributed by atoms with E-state index in [1.54, 1.807) is 0 Å². The Morgan fingerprint density at radius 1 is 1.00 bits per heavy atom. The minimum atomic E-state index is 0.225. The highest BCUT2D eigenvalue weighted by atomic mass is 16.5. The summed E-state index contributed by atoms with van der Waals surface area (Å²) in [4.78, 5) is 17.2. The van der Waals surface area contributed by atoms with Crippen LogP contribution >= 0.6 is 0 Å². The predicted octanol–water partition coefficient (Wildman–Crippen LogP) is 5.13. The third-order valence-electron chi connectivity index (χ3n) is 6.12. The first-order chi connectivity index (χ1) is 15.3. The van der Waals surface area contributed by atoms with Crippen LogP contribution in [0.4, 0.5) is 0 Å². The molecule has 1 N–H and O–H groups in total. The number of nitrogens with one attached hydrogen (secondary N) is 1. The van der Waals surface area contributed by atoms with Gasteiger partial charge in [-0.2, -0.15) is 0 Å². The minimum Gasteiger partial charge on any atom is -0.494 e. The van der Waals surface area contributed by atoms with Crippen molar-refractivity contribution in [2.75, 3.05) is 13.2 Å². The zero-order valence-electron chi connectivity index (χ0n) is 18.3. The van der Waals surface area contributed by atoms with E-state index in [4.69, 9.17) is 9.72 Å². The second-order valence-electron chi connectivity index (χ2n) is 8.41. The van der Waals surface area contributed by atoms with E-state index in [1.165, 1.54) is 24.8 Å². The first-order valence-corrected chi connectivity index (χ1v) is 11.7. The molecule has 1 amide bonds. The Morgan fingerprint density at radius 2 is 1.77 bits per heavy atom. The molecule has 0 bridgehead atoms. The maximum absolute atomic E-state index is 12.4. The number of ether oxygens (including phenoxy) is 1. The van der Waals surface area contributed by atoms with E-state index in [0.717, 1.165) is 62.3 Å². The van der Waals surface area contributed by atoms with Crippen LogP contribution in [0.3, 0.4) is 0 Å². The summed E-state index contributed by atoms with van der Waals surface area (Å²) in [5, 5.41) is 3.15. The number of hydrogen-bond acceptors (Lipinski definition) is 3. The molecule has 1 aliphatic carbocycles. The van der Waals surface area contributed by atoms with Crippen molar-refractivity contribution >= 4 is 16.9 Å². The molecule has 0 aliphatic heterocycles. The molecule has 1 heterocycles. The Kier molecular flexibility index (Phi) is 7.59. The van der Waals surface area contributed by atoms with E-state index in [9.17, 15) is 4.79 Å². The summed E-state index contributed by atoms with van der Waals surface area (Å²) in [5.74, 6) is 2.47. The standard InChI is InChI=1S/C26H33N3O2/c30-26(21-11-3-1-4-12-21)27-18-9-17-25-28-23-15-7-8-16-24(23)29(25)19-10-20-31-22-13-5-2-6-14-22/h2,5-8,13-16,21H,1,3-4,9-12,17-20H2,(H,27,30). The number of carbonyl (C=O) groups excluding carboxylic acids is 1. The van der Waals surface area contributed by atoms with Crippen molar-refractivity contribution in [3.8, 4) is 5.75 Å². The summed E-state index contributed by atoms with van der Waals surface area (Å²) in [6.07, 6.45) is 8.43. The molecule has 1 aromatic heterocycles. The smallest absolute Gasteiger partial charge is 0.223 e. The molecule has 1 saturated carbocycles. The largest absolute Gasteiger partial charge is 0.494 e. The van der Waals surface area contributed by atoms with Gasteiger partial charge in [0, 0.05) is 25.4 Å². The number of carbonyl (C=O) groups is 1. The van der Waals surface area contributed by atoms with Crippen LogP contribution in [0.15, 0.2) is 54.6 Å². The summed E-state index contributed by atoms with van der Waals surface area (Å²) in [6.45, 7) is 2.26. The fourth-order valence-electron chi connectivity index (χ4n) is 4.46. The van der Waals surface area contributed by atoms with Gasteiger partial charge in [-0.1, -0.05) is 49.6 Å². The van der Waals surface area contributed by atoms with Gasteiger partial charge in [-0.15, -0.1) is 0 Å². The number of amides is 1. The number of benzene rings is 2. The van der Waals surface area contributed by atoms with E-state index in [-0.39, 0.29) is 11.8 Å². The molecule has 0 radical (unpaired) electrons. The van der Waals surface area contributed by atoms with Gasteiger partial charge in [0.1, 0.15) is 11.6 Å². The summed E-state index contributed by atoms with van der Waals surface area (Å²) in [7, 11) is 0. The van der Waals surface area contributed by atoms with Crippen LogP contribution in [-0.4, -0.2) is 28.6 Å². The van der Waals surface area contributed by atoms with Crippen molar-refractivity contribution in [2.24, 2.45) is 5.92 Å². The second kappa shape index (κ2) is 11.0. The van der Waals surface area contributed by atoms with Crippen LogP contribution in [0, 0.1) is 5.92 Å². The van der Waals surface area contributed by atoms with Gasteiger partial charge in [0.2, 0.25) is 5.91 Å². The zero-order chi connectivity index (χ0) is 21.3. The highest BCUT2D eigenvalue weighted by Crippen LogP contribution is 2.23. The Labute approximate surface area is 184 Å². The van der Waals surface area contributed by atoms with Gasteiger partial charge in [0.25, 0.3) is 0 Å². The maximum atomic E-state index is 12.4. The number of imidazole rings is 1. The maximum Gasteiger partial charge on any atom is 0.223 e. The van der Waals surface area contributed by atoms with Crippen molar-refractivity contribution in [1.29, 1.82) is 0 Å². The van der Waals surface area contributed by atoms with Crippen LogP contribution in [0.1, 0.15) is 50.8 Å². The van der Waals surface area contributed by atoms with Gasteiger partial charge in [-0.25, -0.2) is 4.98 Å². The number of hydrogen-bond donors (Lipinski definition) is 1. The lowest BCUT2D eigenvalue weighted by Gasteiger charge is -2.20. The molecule has 4 rings (SSSR count). The number of para-hydroxylation sites is 3. The molecule has 164 valence electrons. The summed E-state index contributed by atoms with van der Waals surface area (Å²) in [5.41, 5.74) is 2.20. The van der Waals surface area contributed by atoms with Crippen molar-refractivity contribution in [2.45, 2.75) is 57.9 Å². The highest BCUT2D eigenvalue weighted by molar-refractivity contribution is 5.78. The fraction of sp³-hybridized carbons (Fsp3) is 0.462. The first kappa shape index (κ1) is 21.4. The third kappa shape index (κ3) is 5.87. The van der Waals surface area contributed by atoms with Gasteiger partial charge in [-0.3, -0.25) is 4.79 Å². The summed E-state index contributed by atoms with van der Waals surface area (Å²) >= 11 is 0. The van der Waals surface area contributed by atoms with Crippen LogP contribution in [0.2, 0.25) is 0 Å². The molecule has 0 saturated heterocycles. The van der Waals surface area contributed by atoms with Gasteiger partial charge in [-0.05, 0) is 49.9 Å². The quantitative estimate of drug-likeness (QED) is 0.463. The summed E-state index contributed by atoms with van der Waals surface area (Å²) < 4.78 is 8.17. The Hall–Kier alpha value is -2.82. The highest BCUT2D eigenvalue weighted by Gasteiger charge is 2.20. The Bertz CT molecular complexity index is 961. The van der Waals surface area contributed by atoms with Crippen molar-refractivity contribution in [3.05, 3.63) is 60.4 Å². The zero-order valence-corrected chi connectivity index (χ0v) is 18.3. The van der Waals surface area contributed by atoms with E-state index >= 15 is 0 Å². The number of rotatable bonds is 10. The van der Waals surface area contributed by atoms with Gasteiger partial charge in [0.15, 0.2) is 0 Å². The van der Waals surface area contributed by atoms with E-state index < -0.39 is 0 Å². The first-order valence-electron chi connectivity index (χ1n) is 11.7. The van der Waals surface area contributed by atoms with E-state index in [1.807, 2.05) is 36.4 Å². The average Bonchev–Trinajstić information content (AvgIpc) is 3.18. The SMILES string of the molecule is O=C(NCCCc1nc2ccccc2n1CCCOc1ccccc1)C1CCCCC1. The molecule has 31 heavy (non-hydrogen) atoms. The molecule has 1 aliphatic rings. The molecule has 2 aromatic carbocycles. The van der Waals surface area contributed by atoms with E-state index in [2.05, 4.69) is 28.1 Å². The lowest BCUT2D eigenvalue weighted by molar-refractivity contribution is -0.125. The van der Waals surface area contributed by atoms with Gasteiger partial charge in [0.05, 0.1) is 17.6 Å². The Morgan fingerprint density at radius 3 is 2.61 bits per heavy atom.